The van der Waals surface area contributed by atoms with Crippen LogP contribution in [-0.4, -0.2) is 54.3 Å². The molecular formula is C21H21ClN4O2. The number of benzene rings is 2. The molecule has 6 nitrogen and oxygen atoms in total. The van der Waals surface area contributed by atoms with Gasteiger partial charge in [-0.1, -0.05) is 35.9 Å². The number of aromatic amines is 1. The number of anilines is 1. The van der Waals surface area contributed by atoms with Crippen LogP contribution in [0.15, 0.2) is 54.6 Å². The Morgan fingerprint density at radius 3 is 2.61 bits per heavy atom. The Bertz CT molecular complexity index is 980. The van der Waals surface area contributed by atoms with E-state index in [1.165, 1.54) is 0 Å². The summed E-state index contributed by atoms with van der Waals surface area (Å²) in [6.45, 7) is 2.76. The summed E-state index contributed by atoms with van der Waals surface area (Å²) in [4.78, 5) is 16.9. The summed E-state index contributed by atoms with van der Waals surface area (Å²) >= 11 is 6.29. The molecule has 1 N–H and O–H groups in total. The molecule has 7 heteroatoms. The first-order valence-electron chi connectivity index (χ1n) is 9.14. The van der Waals surface area contributed by atoms with Gasteiger partial charge in [-0.15, -0.1) is 0 Å². The average Bonchev–Trinajstić information content (AvgIpc) is 3.24. The average molecular weight is 397 g/mol. The lowest BCUT2D eigenvalue weighted by atomic mass is 10.1. The van der Waals surface area contributed by atoms with Crippen molar-refractivity contribution < 1.29 is 9.53 Å². The molecule has 1 aromatic heterocycles. The molecule has 1 aliphatic heterocycles. The van der Waals surface area contributed by atoms with Gasteiger partial charge in [0.1, 0.15) is 11.4 Å². The number of hydrogen-bond acceptors (Lipinski definition) is 4. The molecule has 28 heavy (non-hydrogen) atoms. The van der Waals surface area contributed by atoms with E-state index in [4.69, 9.17) is 16.3 Å². The second-order valence-corrected chi connectivity index (χ2v) is 7.04. The van der Waals surface area contributed by atoms with Crippen LogP contribution in [-0.2, 0) is 0 Å². The molecule has 2 aromatic carbocycles. The third-order valence-corrected chi connectivity index (χ3v) is 5.25. The van der Waals surface area contributed by atoms with E-state index in [-0.39, 0.29) is 5.91 Å². The van der Waals surface area contributed by atoms with Gasteiger partial charge in [0.05, 0.1) is 23.5 Å². The van der Waals surface area contributed by atoms with E-state index in [0.717, 1.165) is 40.8 Å². The van der Waals surface area contributed by atoms with Crippen LogP contribution in [0.2, 0.25) is 5.02 Å². The van der Waals surface area contributed by atoms with Gasteiger partial charge in [0, 0.05) is 31.7 Å². The van der Waals surface area contributed by atoms with Gasteiger partial charge in [0.15, 0.2) is 0 Å². The van der Waals surface area contributed by atoms with E-state index in [0.29, 0.717) is 18.8 Å². The standard InChI is InChI=1S/C21H21ClN4O2/c1-28-16-6-4-5-15(13-16)18-14-19(24-23-18)21(27)26-11-9-25(10-12-26)20-8-3-2-7-17(20)22/h2-8,13-14H,9-12H2,1H3,(H,23,24). The number of piperazine rings is 1. The number of carbonyl (C=O) groups excluding carboxylic acids is 1. The fraction of sp³-hybridized carbons (Fsp3) is 0.238. The highest BCUT2D eigenvalue weighted by Gasteiger charge is 2.24. The largest absolute Gasteiger partial charge is 0.497 e. The zero-order valence-electron chi connectivity index (χ0n) is 15.6. The molecule has 3 aromatic rings. The van der Waals surface area contributed by atoms with E-state index < -0.39 is 0 Å². The summed E-state index contributed by atoms with van der Waals surface area (Å²) < 4.78 is 5.25. The van der Waals surface area contributed by atoms with Crippen molar-refractivity contribution in [3.63, 3.8) is 0 Å². The number of carbonyl (C=O) groups is 1. The quantitative estimate of drug-likeness (QED) is 0.730. The first kappa shape index (κ1) is 18.4. The maximum Gasteiger partial charge on any atom is 0.272 e. The Morgan fingerprint density at radius 1 is 1.07 bits per heavy atom. The molecule has 0 atom stereocenters. The molecule has 1 aliphatic rings. The number of halogens is 1. The van der Waals surface area contributed by atoms with Crippen LogP contribution >= 0.6 is 11.6 Å². The first-order chi connectivity index (χ1) is 13.7. The van der Waals surface area contributed by atoms with E-state index in [1.54, 1.807) is 13.2 Å². The highest BCUT2D eigenvalue weighted by Crippen LogP contribution is 2.27. The summed E-state index contributed by atoms with van der Waals surface area (Å²) in [5.74, 6) is 0.713. The fourth-order valence-corrected chi connectivity index (χ4v) is 3.65. The highest BCUT2D eigenvalue weighted by atomic mass is 35.5. The van der Waals surface area contributed by atoms with E-state index in [1.807, 2.05) is 53.4 Å². The van der Waals surface area contributed by atoms with Gasteiger partial charge in [-0.25, -0.2) is 0 Å². The SMILES string of the molecule is COc1cccc(-c2cc(C(=O)N3CCN(c4ccccc4Cl)CC3)[nH]n2)c1. The topological polar surface area (TPSA) is 61.5 Å². The zero-order chi connectivity index (χ0) is 19.5. The third-order valence-electron chi connectivity index (χ3n) is 4.93. The normalized spacial score (nSPS) is 14.2. The second-order valence-electron chi connectivity index (χ2n) is 6.63. The highest BCUT2D eigenvalue weighted by molar-refractivity contribution is 6.33. The van der Waals surface area contributed by atoms with Gasteiger partial charge < -0.3 is 14.5 Å². The molecule has 0 spiro atoms. The Morgan fingerprint density at radius 2 is 1.86 bits per heavy atom. The predicted octanol–water partition coefficient (Wildman–Crippen LogP) is 3.70. The van der Waals surface area contributed by atoms with Crippen LogP contribution in [0.25, 0.3) is 11.3 Å². The molecule has 1 saturated heterocycles. The maximum absolute atomic E-state index is 12.9. The monoisotopic (exact) mass is 396 g/mol. The third kappa shape index (κ3) is 3.68. The van der Waals surface area contributed by atoms with Crippen molar-refractivity contribution in [1.82, 2.24) is 15.1 Å². The number of rotatable bonds is 4. The Labute approximate surface area is 168 Å². The molecule has 0 aliphatic carbocycles. The molecule has 1 fully saturated rings. The van der Waals surface area contributed by atoms with Crippen molar-refractivity contribution in [3.8, 4) is 17.0 Å². The van der Waals surface area contributed by atoms with Gasteiger partial charge in [-0.3, -0.25) is 9.89 Å². The Kier molecular flexibility index (Phi) is 5.21. The smallest absolute Gasteiger partial charge is 0.272 e. The summed E-state index contributed by atoms with van der Waals surface area (Å²) in [5.41, 5.74) is 3.12. The number of methoxy groups -OCH3 is 1. The van der Waals surface area contributed by atoms with Gasteiger partial charge in [-0.05, 0) is 30.3 Å². The van der Waals surface area contributed by atoms with E-state index in [2.05, 4.69) is 15.1 Å². The van der Waals surface area contributed by atoms with E-state index in [9.17, 15) is 4.79 Å². The van der Waals surface area contributed by atoms with Crippen molar-refractivity contribution in [1.29, 1.82) is 0 Å². The summed E-state index contributed by atoms with van der Waals surface area (Å²) in [5, 5.41) is 7.91. The lowest BCUT2D eigenvalue weighted by Gasteiger charge is -2.36. The number of hydrogen-bond donors (Lipinski definition) is 1. The Balaban J connectivity index is 1.43. The number of nitrogens with zero attached hydrogens (tertiary/aromatic N) is 3. The van der Waals surface area contributed by atoms with Crippen LogP contribution < -0.4 is 9.64 Å². The first-order valence-corrected chi connectivity index (χ1v) is 9.52. The van der Waals surface area contributed by atoms with Crippen LogP contribution in [0.1, 0.15) is 10.5 Å². The lowest BCUT2D eigenvalue weighted by molar-refractivity contribution is 0.0741. The molecule has 144 valence electrons. The maximum atomic E-state index is 12.9. The molecule has 4 rings (SSSR count). The molecule has 0 saturated carbocycles. The van der Waals surface area contributed by atoms with Crippen LogP contribution in [0, 0.1) is 0 Å². The van der Waals surface area contributed by atoms with Gasteiger partial charge in [-0.2, -0.15) is 5.10 Å². The van der Waals surface area contributed by atoms with Gasteiger partial charge >= 0.3 is 0 Å². The second kappa shape index (κ2) is 7.94. The number of para-hydroxylation sites is 1. The van der Waals surface area contributed by atoms with Crippen molar-refractivity contribution in [3.05, 3.63) is 65.3 Å². The van der Waals surface area contributed by atoms with Gasteiger partial charge in [0.25, 0.3) is 5.91 Å². The summed E-state index contributed by atoms with van der Waals surface area (Å²) in [7, 11) is 1.63. The number of nitrogens with one attached hydrogen (secondary N) is 1. The van der Waals surface area contributed by atoms with Crippen molar-refractivity contribution in [2.75, 3.05) is 38.2 Å². The van der Waals surface area contributed by atoms with Gasteiger partial charge in [0.2, 0.25) is 0 Å². The number of aromatic nitrogens is 2. The summed E-state index contributed by atoms with van der Waals surface area (Å²) in [6.07, 6.45) is 0. The summed E-state index contributed by atoms with van der Waals surface area (Å²) in [6, 6.07) is 17.2. The van der Waals surface area contributed by atoms with Crippen LogP contribution in [0.4, 0.5) is 5.69 Å². The van der Waals surface area contributed by atoms with Crippen LogP contribution in [0.5, 0.6) is 5.75 Å². The number of H-pyrrole nitrogens is 1. The van der Waals surface area contributed by atoms with Crippen molar-refractivity contribution in [2.24, 2.45) is 0 Å². The minimum absolute atomic E-state index is 0.0412. The lowest BCUT2D eigenvalue weighted by Crippen LogP contribution is -2.49. The molecular weight excluding hydrogens is 376 g/mol. The molecule has 0 bridgehead atoms. The molecule has 0 unspecified atom stereocenters. The predicted molar refractivity (Wildman–Crippen MR) is 110 cm³/mol. The number of amides is 1. The minimum Gasteiger partial charge on any atom is -0.497 e. The number of ether oxygens (including phenoxy) is 1. The molecule has 0 radical (unpaired) electrons. The van der Waals surface area contributed by atoms with Crippen molar-refractivity contribution in [2.45, 2.75) is 0 Å². The zero-order valence-corrected chi connectivity index (χ0v) is 16.3. The fourth-order valence-electron chi connectivity index (χ4n) is 3.39. The van der Waals surface area contributed by atoms with Crippen LogP contribution in [0.3, 0.4) is 0 Å². The minimum atomic E-state index is -0.0412. The molecule has 2 heterocycles. The van der Waals surface area contributed by atoms with E-state index >= 15 is 0 Å². The Hall–Kier alpha value is -2.99. The molecule has 1 amide bonds. The van der Waals surface area contributed by atoms with Crippen molar-refractivity contribution >= 4 is 23.2 Å².